The Morgan fingerprint density at radius 1 is 1.00 bits per heavy atom. The zero-order chi connectivity index (χ0) is 21.6. The van der Waals surface area contributed by atoms with Crippen molar-refractivity contribution in [3.05, 3.63) is 53.2 Å². The Kier molecular flexibility index (Phi) is 7.05. The zero-order valence-electron chi connectivity index (χ0n) is 18.5. The Bertz CT molecular complexity index is 879. The molecule has 0 aliphatic carbocycles. The summed E-state index contributed by atoms with van der Waals surface area (Å²) in [5, 5.41) is 0. The van der Waals surface area contributed by atoms with Gasteiger partial charge in [-0.05, 0) is 57.4 Å². The first-order valence-electron chi connectivity index (χ1n) is 11.7. The number of benzene rings is 1. The number of aryl methyl sites for hydroxylation is 2. The highest BCUT2D eigenvalue weighted by molar-refractivity contribution is 5.93. The molecule has 0 unspecified atom stereocenters. The largest absolute Gasteiger partial charge is 0.445 e. The minimum absolute atomic E-state index is 0.00164. The first-order chi connectivity index (χ1) is 15.1. The van der Waals surface area contributed by atoms with Gasteiger partial charge in [-0.15, -0.1) is 0 Å². The van der Waals surface area contributed by atoms with Crippen molar-refractivity contribution in [2.75, 3.05) is 26.2 Å². The van der Waals surface area contributed by atoms with Crippen molar-refractivity contribution in [1.82, 2.24) is 14.8 Å². The van der Waals surface area contributed by atoms with Crippen molar-refractivity contribution < 1.29 is 14.0 Å². The molecule has 0 spiro atoms. The molecule has 0 atom stereocenters. The van der Waals surface area contributed by atoms with E-state index in [4.69, 9.17) is 4.42 Å². The quantitative estimate of drug-likeness (QED) is 0.693. The van der Waals surface area contributed by atoms with E-state index in [2.05, 4.69) is 17.1 Å². The second-order valence-electron chi connectivity index (χ2n) is 8.80. The highest BCUT2D eigenvalue weighted by Gasteiger charge is 2.30. The second-order valence-corrected chi connectivity index (χ2v) is 8.80. The van der Waals surface area contributed by atoms with Crippen molar-refractivity contribution in [3.63, 3.8) is 0 Å². The number of nitrogens with zero attached hydrogens (tertiary/aromatic N) is 3. The van der Waals surface area contributed by atoms with Gasteiger partial charge in [-0.2, -0.15) is 0 Å². The molecule has 31 heavy (non-hydrogen) atoms. The van der Waals surface area contributed by atoms with Gasteiger partial charge in [0.1, 0.15) is 5.76 Å². The maximum absolute atomic E-state index is 12.8. The summed E-state index contributed by atoms with van der Waals surface area (Å²) in [4.78, 5) is 33.9. The van der Waals surface area contributed by atoms with Crippen LogP contribution in [0.2, 0.25) is 0 Å². The van der Waals surface area contributed by atoms with Crippen LogP contribution >= 0.6 is 0 Å². The van der Waals surface area contributed by atoms with Crippen LogP contribution in [0.15, 0.2) is 34.7 Å². The van der Waals surface area contributed by atoms with Crippen molar-refractivity contribution in [1.29, 1.82) is 0 Å². The van der Waals surface area contributed by atoms with Gasteiger partial charge in [0.15, 0.2) is 11.6 Å². The highest BCUT2D eigenvalue weighted by Crippen LogP contribution is 2.30. The van der Waals surface area contributed by atoms with Crippen LogP contribution in [-0.2, 0) is 11.2 Å². The van der Waals surface area contributed by atoms with Crippen molar-refractivity contribution in [2.24, 2.45) is 0 Å². The topological polar surface area (TPSA) is 66.7 Å². The summed E-state index contributed by atoms with van der Waals surface area (Å²) in [5.41, 5.74) is 1.75. The smallest absolute Gasteiger partial charge is 0.276 e. The predicted octanol–water partition coefficient (Wildman–Crippen LogP) is 4.34. The molecule has 2 aromatic rings. The first-order valence-corrected chi connectivity index (χ1v) is 11.7. The fourth-order valence-electron chi connectivity index (χ4n) is 4.66. The molecule has 6 nitrogen and oxygen atoms in total. The SMILES string of the molecule is Cc1oc(C2CCN(C(=O)CCCc3ccccc3)CC2)nc1C(=O)N1CCCCC1. The third-order valence-corrected chi connectivity index (χ3v) is 6.55. The summed E-state index contributed by atoms with van der Waals surface area (Å²) in [6, 6.07) is 10.3. The van der Waals surface area contributed by atoms with E-state index >= 15 is 0 Å². The molecule has 4 rings (SSSR count). The summed E-state index contributed by atoms with van der Waals surface area (Å²) in [5.74, 6) is 1.69. The molecule has 0 saturated carbocycles. The van der Waals surface area contributed by atoms with Crippen LogP contribution in [-0.4, -0.2) is 52.8 Å². The lowest BCUT2D eigenvalue weighted by molar-refractivity contribution is -0.132. The summed E-state index contributed by atoms with van der Waals surface area (Å²) in [6.45, 7) is 4.91. The van der Waals surface area contributed by atoms with Crippen LogP contribution in [0.3, 0.4) is 0 Å². The summed E-state index contributed by atoms with van der Waals surface area (Å²) >= 11 is 0. The van der Waals surface area contributed by atoms with Gasteiger partial charge in [0.2, 0.25) is 5.91 Å². The van der Waals surface area contributed by atoms with Crippen molar-refractivity contribution >= 4 is 11.8 Å². The Hall–Kier alpha value is -2.63. The number of amides is 2. The van der Waals surface area contributed by atoms with Gasteiger partial charge in [-0.25, -0.2) is 4.98 Å². The lowest BCUT2D eigenvalue weighted by Gasteiger charge is -2.30. The second kappa shape index (κ2) is 10.1. The summed E-state index contributed by atoms with van der Waals surface area (Å²) in [6.07, 6.45) is 7.39. The van der Waals surface area contributed by atoms with E-state index in [1.54, 1.807) is 0 Å². The number of hydrogen-bond acceptors (Lipinski definition) is 4. The number of oxazole rings is 1. The molecule has 0 N–H and O–H groups in total. The minimum atomic E-state index is -0.00164. The van der Waals surface area contributed by atoms with E-state index in [1.165, 1.54) is 12.0 Å². The van der Waals surface area contributed by atoms with E-state index in [0.29, 0.717) is 23.8 Å². The lowest BCUT2D eigenvalue weighted by Crippen LogP contribution is -2.38. The van der Waals surface area contributed by atoms with Crippen LogP contribution in [0.1, 0.15) is 78.6 Å². The number of carbonyl (C=O) groups is 2. The maximum atomic E-state index is 12.8. The number of carbonyl (C=O) groups excluding carboxylic acids is 2. The number of likely N-dealkylation sites (tertiary alicyclic amines) is 2. The molecule has 2 saturated heterocycles. The van der Waals surface area contributed by atoms with Crippen LogP contribution in [0.5, 0.6) is 0 Å². The average Bonchev–Trinajstić information content (AvgIpc) is 3.21. The predicted molar refractivity (Wildman–Crippen MR) is 119 cm³/mol. The fourth-order valence-corrected chi connectivity index (χ4v) is 4.66. The number of piperidine rings is 2. The van der Waals surface area contributed by atoms with Gasteiger partial charge in [0, 0.05) is 38.5 Å². The monoisotopic (exact) mass is 423 g/mol. The molecular formula is C25H33N3O3. The van der Waals surface area contributed by atoms with Gasteiger partial charge >= 0.3 is 0 Å². The van der Waals surface area contributed by atoms with Gasteiger partial charge in [-0.3, -0.25) is 9.59 Å². The van der Waals surface area contributed by atoms with E-state index in [9.17, 15) is 9.59 Å². The first kappa shape index (κ1) is 21.6. The standard InChI is InChI=1S/C25H33N3O3/c1-19-23(25(30)28-15-6-3-7-16-28)26-24(31-19)21-13-17-27(18-14-21)22(29)12-8-11-20-9-4-2-5-10-20/h2,4-5,9-10,21H,3,6-8,11-18H2,1H3. The number of hydrogen-bond donors (Lipinski definition) is 0. The summed E-state index contributed by atoms with van der Waals surface area (Å²) in [7, 11) is 0. The summed E-state index contributed by atoms with van der Waals surface area (Å²) < 4.78 is 5.91. The van der Waals surface area contributed by atoms with Gasteiger partial charge in [-0.1, -0.05) is 30.3 Å². The van der Waals surface area contributed by atoms with Gasteiger partial charge in [0.05, 0.1) is 0 Å². The molecule has 2 fully saturated rings. The molecule has 166 valence electrons. The molecular weight excluding hydrogens is 390 g/mol. The van der Waals surface area contributed by atoms with E-state index in [1.807, 2.05) is 34.9 Å². The number of rotatable bonds is 6. The minimum Gasteiger partial charge on any atom is -0.445 e. The van der Waals surface area contributed by atoms with Crippen molar-refractivity contribution in [3.8, 4) is 0 Å². The van der Waals surface area contributed by atoms with Crippen LogP contribution in [0, 0.1) is 6.92 Å². The maximum Gasteiger partial charge on any atom is 0.276 e. The van der Waals surface area contributed by atoms with E-state index in [0.717, 1.165) is 64.7 Å². The van der Waals surface area contributed by atoms with E-state index in [-0.39, 0.29) is 17.7 Å². The molecule has 2 aliphatic heterocycles. The third kappa shape index (κ3) is 5.35. The van der Waals surface area contributed by atoms with Crippen LogP contribution in [0.25, 0.3) is 0 Å². The lowest BCUT2D eigenvalue weighted by atomic mass is 9.96. The zero-order valence-corrected chi connectivity index (χ0v) is 18.5. The number of aromatic nitrogens is 1. The van der Waals surface area contributed by atoms with Crippen LogP contribution in [0.4, 0.5) is 0 Å². The average molecular weight is 424 g/mol. The van der Waals surface area contributed by atoms with Gasteiger partial charge in [0.25, 0.3) is 5.91 Å². The Morgan fingerprint density at radius 3 is 2.42 bits per heavy atom. The Labute approximate surface area is 184 Å². The molecule has 6 heteroatoms. The molecule has 3 heterocycles. The molecule has 1 aromatic heterocycles. The molecule has 1 aromatic carbocycles. The third-order valence-electron chi connectivity index (χ3n) is 6.55. The molecule has 0 radical (unpaired) electrons. The highest BCUT2D eigenvalue weighted by atomic mass is 16.4. The normalized spacial score (nSPS) is 17.7. The fraction of sp³-hybridized carbons (Fsp3) is 0.560. The Morgan fingerprint density at radius 2 is 1.71 bits per heavy atom. The molecule has 2 aliphatic rings. The Balaban J connectivity index is 1.26. The van der Waals surface area contributed by atoms with E-state index < -0.39 is 0 Å². The van der Waals surface area contributed by atoms with Gasteiger partial charge < -0.3 is 14.2 Å². The van der Waals surface area contributed by atoms with Crippen molar-refractivity contribution in [2.45, 2.75) is 64.2 Å². The molecule has 0 bridgehead atoms. The molecule has 2 amide bonds. The van der Waals surface area contributed by atoms with Crippen LogP contribution < -0.4 is 0 Å².